The highest BCUT2D eigenvalue weighted by Crippen LogP contribution is 2.15. The zero-order chi connectivity index (χ0) is 11.9. The van der Waals surface area contributed by atoms with Crippen LogP contribution in [0.1, 0.15) is 0 Å². The van der Waals surface area contributed by atoms with Crippen molar-refractivity contribution in [1.82, 2.24) is 4.98 Å². The first-order valence-electron chi connectivity index (χ1n) is 3.30. The van der Waals surface area contributed by atoms with E-state index in [0.717, 1.165) is 6.20 Å². The predicted molar refractivity (Wildman–Crippen MR) is 46.7 cm³/mol. The van der Waals surface area contributed by atoms with Gasteiger partial charge in [0.25, 0.3) is 15.7 Å². The number of aromatic amines is 1. The van der Waals surface area contributed by atoms with Gasteiger partial charge in [0.1, 0.15) is 4.90 Å². The van der Waals surface area contributed by atoms with Gasteiger partial charge in [0.05, 0.1) is 0 Å². The minimum Gasteiger partial charge on any atom is -0.328 e. The Balaban J connectivity index is 3.88. The van der Waals surface area contributed by atoms with Crippen LogP contribution in [0, 0.1) is 0 Å². The Morgan fingerprint density at radius 3 is 1.93 bits per heavy atom. The van der Waals surface area contributed by atoms with Gasteiger partial charge in [-0.15, -0.1) is 0 Å². The molecule has 0 unspecified atom stereocenters. The van der Waals surface area contributed by atoms with Crippen LogP contribution in [-0.4, -0.2) is 30.9 Å². The SMILES string of the molecule is O=c1[nH]ccc(S(=O)(=O)O)c1S(=O)(=O)O. The van der Waals surface area contributed by atoms with E-state index in [-0.39, 0.29) is 0 Å². The van der Waals surface area contributed by atoms with E-state index in [1.807, 2.05) is 4.98 Å². The molecule has 0 radical (unpaired) electrons. The second kappa shape index (κ2) is 3.41. The third-order valence-electron chi connectivity index (χ3n) is 1.42. The third kappa shape index (κ3) is 2.41. The molecule has 0 saturated carbocycles. The van der Waals surface area contributed by atoms with Crippen molar-refractivity contribution in [1.29, 1.82) is 0 Å². The fourth-order valence-electron chi connectivity index (χ4n) is 0.894. The molecule has 0 aliphatic rings. The molecule has 84 valence electrons. The normalized spacial score (nSPS) is 12.7. The molecule has 0 aromatic carbocycles. The zero-order valence-electron chi connectivity index (χ0n) is 6.91. The third-order valence-corrected chi connectivity index (χ3v) is 3.36. The molecule has 0 aliphatic carbocycles. The van der Waals surface area contributed by atoms with Crippen molar-refractivity contribution < 1.29 is 25.9 Å². The van der Waals surface area contributed by atoms with E-state index in [4.69, 9.17) is 9.11 Å². The molecule has 0 fully saturated rings. The molecule has 0 aliphatic heterocycles. The smallest absolute Gasteiger partial charge is 0.301 e. The van der Waals surface area contributed by atoms with Crippen molar-refractivity contribution in [3.8, 4) is 0 Å². The lowest BCUT2D eigenvalue weighted by atomic mass is 10.5. The lowest BCUT2D eigenvalue weighted by Gasteiger charge is -2.01. The molecule has 8 nitrogen and oxygen atoms in total. The molecule has 1 heterocycles. The minimum atomic E-state index is -5.03. The van der Waals surface area contributed by atoms with E-state index in [9.17, 15) is 21.6 Å². The van der Waals surface area contributed by atoms with Gasteiger partial charge in [0.2, 0.25) is 0 Å². The second-order valence-electron chi connectivity index (χ2n) is 2.45. The van der Waals surface area contributed by atoms with Crippen molar-refractivity contribution in [3.63, 3.8) is 0 Å². The Morgan fingerprint density at radius 1 is 1.07 bits per heavy atom. The van der Waals surface area contributed by atoms with Crippen LogP contribution < -0.4 is 5.56 Å². The maximum absolute atomic E-state index is 11.0. The van der Waals surface area contributed by atoms with E-state index in [1.165, 1.54) is 0 Å². The molecule has 0 saturated heterocycles. The van der Waals surface area contributed by atoms with Gasteiger partial charge in [-0.3, -0.25) is 13.9 Å². The highest BCUT2D eigenvalue weighted by Gasteiger charge is 2.26. The van der Waals surface area contributed by atoms with Crippen LogP contribution in [0.5, 0.6) is 0 Å². The van der Waals surface area contributed by atoms with Crippen molar-refractivity contribution in [2.45, 2.75) is 9.79 Å². The van der Waals surface area contributed by atoms with Crippen LogP contribution in [0.2, 0.25) is 0 Å². The van der Waals surface area contributed by atoms with E-state index < -0.39 is 35.6 Å². The summed E-state index contributed by atoms with van der Waals surface area (Å²) in [6.07, 6.45) is 0.820. The Kier molecular flexibility index (Phi) is 2.69. The number of rotatable bonds is 2. The summed E-state index contributed by atoms with van der Waals surface area (Å²) >= 11 is 0. The minimum absolute atomic E-state index is 0.639. The highest BCUT2D eigenvalue weighted by atomic mass is 32.2. The first-order chi connectivity index (χ1) is 6.64. The van der Waals surface area contributed by atoms with Crippen LogP contribution in [-0.2, 0) is 20.2 Å². The number of hydrogen-bond acceptors (Lipinski definition) is 5. The van der Waals surface area contributed by atoms with E-state index >= 15 is 0 Å². The first kappa shape index (κ1) is 11.8. The Labute approximate surface area is 84.1 Å². The van der Waals surface area contributed by atoms with Crippen LogP contribution in [0.3, 0.4) is 0 Å². The Bertz CT molecular complexity index is 638. The molecule has 3 N–H and O–H groups in total. The summed E-state index contributed by atoms with van der Waals surface area (Å²) in [6, 6.07) is 0.639. The molecule has 0 amide bonds. The quantitative estimate of drug-likeness (QED) is 0.567. The second-order valence-corrected chi connectivity index (χ2v) is 5.20. The average molecular weight is 255 g/mol. The molecule has 1 aromatic heterocycles. The Hall–Kier alpha value is -1.23. The summed E-state index contributed by atoms with van der Waals surface area (Å²) in [6.45, 7) is 0. The summed E-state index contributed by atoms with van der Waals surface area (Å²) in [7, 11) is -9.93. The fraction of sp³-hybridized carbons (Fsp3) is 0. The molecule has 0 bridgehead atoms. The summed E-state index contributed by atoms with van der Waals surface area (Å²) in [5, 5.41) is 0. The number of pyridine rings is 1. The molecule has 1 rings (SSSR count). The summed E-state index contributed by atoms with van der Waals surface area (Å²) < 4.78 is 59.9. The lowest BCUT2D eigenvalue weighted by Crippen LogP contribution is -2.21. The van der Waals surface area contributed by atoms with E-state index in [1.54, 1.807) is 0 Å². The molecule has 0 atom stereocenters. The average Bonchev–Trinajstić information content (AvgIpc) is 1.99. The maximum atomic E-state index is 11.0. The highest BCUT2D eigenvalue weighted by molar-refractivity contribution is 7.89. The number of hydrogen-bond donors (Lipinski definition) is 3. The zero-order valence-corrected chi connectivity index (χ0v) is 8.54. The van der Waals surface area contributed by atoms with Gasteiger partial charge in [-0.05, 0) is 6.07 Å². The molecule has 1 aromatic rings. The van der Waals surface area contributed by atoms with Gasteiger partial charge in [-0.2, -0.15) is 16.8 Å². The summed E-state index contributed by atoms with van der Waals surface area (Å²) in [5.41, 5.74) is -1.34. The van der Waals surface area contributed by atoms with Crippen molar-refractivity contribution in [2.75, 3.05) is 0 Å². The molecule has 10 heteroatoms. The van der Waals surface area contributed by atoms with Gasteiger partial charge in [0.15, 0.2) is 4.90 Å². The molecular weight excluding hydrogens is 250 g/mol. The number of nitrogens with one attached hydrogen (secondary N) is 1. The van der Waals surface area contributed by atoms with E-state index in [0.29, 0.717) is 6.07 Å². The largest absolute Gasteiger partial charge is 0.328 e. The van der Waals surface area contributed by atoms with Crippen LogP contribution in [0.25, 0.3) is 0 Å². The van der Waals surface area contributed by atoms with Gasteiger partial charge >= 0.3 is 10.1 Å². The molecule has 15 heavy (non-hydrogen) atoms. The lowest BCUT2D eigenvalue weighted by molar-refractivity contribution is 0.464. The summed E-state index contributed by atoms with van der Waals surface area (Å²) in [4.78, 5) is 10.2. The van der Waals surface area contributed by atoms with Crippen molar-refractivity contribution in [2.24, 2.45) is 0 Å². The summed E-state index contributed by atoms with van der Waals surface area (Å²) in [5.74, 6) is 0. The molecular formula is C5H5NO7S2. The Morgan fingerprint density at radius 2 is 1.60 bits per heavy atom. The fourth-order valence-corrected chi connectivity index (χ4v) is 2.71. The van der Waals surface area contributed by atoms with Crippen LogP contribution >= 0.6 is 0 Å². The van der Waals surface area contributed by atoms with Crippen LogP contribution in [0.15, 0.2) is 26.8 Å². The van der Waals surface area contributed by atoms with Gasteiger partial charge in [0, 0.05) is 6.20 Å². The topological polar surface area (TPSA) is 142 Å². The van der Waals surface area contributed by atoms with E-state index in [2.05, 4.69) is 0 Å². The predicted octanol–water partition coefficient (Wildman–Crippen LogP) is -1.13. The monoisotopic (exact) mass is 255 g/mol. The van der Waals surface area contributed by atoms with Crippen molar-refractivity contribution >= 4 is 20.2 Å². The standard InChI is InChI=1S/C5H5NO7S2/c7-5-4(15(11,12)13)3(1-2-6-5)14(8,9)10/h1-2H,(H,6,7)(H,8,9,10)(H,11,12,13). The van der Waals surface area contributed by atoms with Crippen LogP contribution in [0.4, 0.5) is 0 Å². The van der Waals surface area contributed by atoms with Crippen molar-refractivity contribution in [3.05, 3.63) is 22.6 Å². The number of aromatic nitrogens is 1. The first-order valence-corrected chi connectivity index (χ1v) is 6.18. The maximum Gasteiger partial charge on any atom is 0.301 e. The number of H-pyrrole nitrogens is 1. The molecule has 0 spiro atoms. The van der Waals surface area contributed by atoms with Gasteiger partial charge in [-0.25, -0.2) is 0 Å². The van der Waals surface area contributed by atoms with Gasteiger partial charge < -0.3 is 4.98 Å². The van der Waals surface area contributed by atoms with Gasteiger partial charge in [-0.1, -0.05) is 0 Å².